The second-order valence-corrected chi connectivity index (χ2v) is 18.9. The van der Waals surface area contributed by atoms with Crippen molar-refractivity contribution in [1.29, 1.82) is 0 Å². The number of pyridine rings is 1. The number of rotatable bonds is 6. The van der Waals surface area contributed by atoms with E-state index >= 15 is 0 Å². The Hall–Kier alpha value is -9.98. The van der Waals surface area contributed by atoms with E-state index in [1.807, 2.05) is 0 Å². The highest BCUT2D eigenvalue weighted by Crippen LogP contribution is 2.49. The van der Waals surface area contributed by atoms with E-state index in [1.54, 1.807) is 0 Å². The lowest BCUT2D eigenvalue weighted by molar-refractivity contribution is 0.953. The molecule has 6 heterocycles. The van der Waals surface area contributed by atoms with E-state index in [-0.39, 0.29) is 0 Å². The van der Waals surface area contributed by atoms with Gasteiger partial charge >= 0.3 is 0 Å². The molecule has 0 spiro atoms. The Labute approximate surface area is 417 Å². The summed E-state index contributed by atoms with van der Waals surface area (Å²) >= 11 is 0. The standard InChI is InChI=1S/C66H41N7/c1-2-22-42(23-3-1)69-60-41-21-12-32-51(60)67-64(69)61-62(70-52-33-13-4-24-43(52)44-25-5-14-34-53(44)70)65(72-56-37-17-8-28-47(56)48-29-9-18-38-57(48)72)68-66(73-58-39-19-10-30-49(58)50-31-11-20-40-59(50)73)63(61)71-54-35-15-6-26-45(54)46-27-7-16-36-55(46)71/h1-41H. The van der Waals surface area contributed by atoms with Crippen LogP contribution in [0.1, 0.15) is 0 Å². The third kappa shape index (κ3) is 5.53. The first-order valence-electron chi connectivity index (χ1n) is 24.9. The molecule has 0 unspecified atom stereocenters. The molecule has 0 amide bonds. The minimum atomic E-state index is 0.770. The van der Waals surface area contributed by atoms with Crippen LogP contribution >= 0.6 is 0 Å². The van der Waals surface area contributed by atoms with Gasteiger partial charge in [-0.3, -0.25) is 13.7 Å². The van der Waals surface area contributed by atoms with Gasteiger partial charge in [-0.2, -0.15) is 0 Å². The summed E-state index contributed by atoms with van der Waals surface area (Å²) in [7, 11) is 0. The minimum Gasteiger partial charge on any atom is -0.305 e. The van der Waals surface area contributed by atoms with Gasteiger partial charge in [-0.25, -0.2) is 9.97 Å². The summed E-state index contributed by atoms with van der Waals surface area (Å²) in [5, 5.41) is 9.20. The topological polar surface area (TPSA) is 50.4 Å². The van der Waals surface area contributed by atoms with Gasteiger partial charge in [-0.05, 0) is 72.8 Å². The Morgan fingerprint density at radius 3 is 0.836 bits per heavy atom. The molecule has 0 atom stereocenters. The first-order chi connectivity index (χ1) is 36.3. The van der Waals surface area contributed by atoms with Crippen molar-refractivity contribution < 1.29 is 0 Å². The Morgan fingerprint density at radius 1 is 0.219 bits per heavy atom. The van der Waals surface area contributed by atoms with Gasteiger partial charge in [-0.15, -0.1) is 0 Å². The summed E-state index contributed by atoms with van der Waals surface area (Å²) in [6.45, 7) is 0. The van der Waals surface area contributed by atoms with Gasteiger partial charge in [0, 0.05) is 48.8 Å². The predicted octanol–water partition coefficient (Wildman–Crippen LogP) is 16.5. The van der Waals surface area contributed by atoms with Gasteiger partial charge in [0.15, 0.2) is 11.6 Å². The highest BCUT2D eigenvalue weighted by Gasteiger charge is 2.34. The van der Waals surface area contributed by atoms with Crippen LogP contribution in [0.15, 0.2) is 249 Å². The normalized spacial score (nSPS) is 12.1. The molecule has 0 fully saturated rings. The molecule has 0 aliphatic rings. The molecule has 0 aliphatic heterocycles. The molecular weight excluding hydrogens is 891 g/mol. The number of hydrogen-bond donors (Lipinski definition) is 0. The molecule has 16 rings (SSSR count). The van der Waals surface area contributed by atoms with Crippen LogP contribution in [0.5, 0.6) is 0 Å². The van der Waals surface area contributed by atoms with E-state index in [0.717, 1.165) is 138 Å². The SMILES string of the molecule is c1ccc(-n2c(-c3c(-n4c5ccccc5c5ccccc54)c(-n4c5ccccc5c5ccccc54)nc(-n4c5ccccc5c5ccccc54)c3-n3c4ccccc4c4ccccc43)nc3ccccc32)cc1. The Bertz CT molecular complexity index is 4460. The molecule has 16 aromatic rings. The molecule has 0 N–H and O–H groups in total. The fourth-order valence-corrected chi connectivity index (χ4v) is 12.1. The lowest BCUT2D eigenvalue weighted by Gasteiger charge is -2.26. The Balaban J connectivity index is 1.27. The summed E-state index contributed by atoms with van der Waals surface area (Å²) in [4.78, 5) is 12.3. The summed E-state index contributed by atoms with van der Waals surface area (Å²) < 4.78 is 12.1. The number of hydrogen-bond acceptors (Lipinski definition) is 2. The van der Waals surface area contributed by atoms with Crippen molar-refractivity contribution in [3.63, 3.8) is 0 Å². The van der Waals surface area contributed by atoms with Crippen LogP contribution in [0.25, 0.3) is 138 Å². The number of para-hydroxylation sites is 11. The number of benzene rings is 10. The van der Waals surface area contributed by atoms with E-state index in [4.69, 9.17) is 9.97 Å². The summed E-state index contributed by atoms with van der Waals surface area (Å²) in [6, 6.07) is 89.6. The zero-order chi connectivity index (χ0) is 47.7. The van der Waals surface area contributed by atoms with Crippen molar-refractivity contribution in [3.8, 4) is 40.1 Å². The van der Waals surface area contributed by atoms with Crippen molar-refractivity contribution in [3.05, 3.63) is 249 Å². The minimum absolute atomic E-state index is 0.770. The summed E-state index contributed by atoms with van der Waals surface area (Å²) in [5.41, 5.74) is 14.1. The predicted molar refractivity (Wildman–Crippen MR) is 302 cm³/mol. The molecule has 0 bridgehead atoms. The quantitative estimate of drug-likeness (QED) is 0.167. The van der Waals surface area contributed by atoms with Crippen molar-refractivity contribution in [2.75, 3.05) is 0 Å². The monoisotopic (exact) mass is 931 g/mol. The van der Waals surface area contributed by atoms with Crippen molar-refractivity contribution in [1.82, 2.24) is 32.8 Å². The average Bonchev–Trinajstić information content (AvgIpc) is 4.26. The number of imidazole rings is 1. The Kier molecular flexibility index (Phi) is 8.32. The molecule has 6 aromatic heterocycles. The number of nitrogens with zero attached hydrogens (tertiary/aromatic N) is 7. The van der Waals surface area contributed by atoms with Crippen molar-refractivity contribution >= 4 is 98.3 Å². The van der Waals surface area contributed by atoms with Gasteiger partial charge in [-0.1, -0.05) is 176 Å². The zero-order valence-corrected chi connectivity index (χ0v) is 39.3. The lowest BCUT2D eigenvalue weighted by atomic mass is 10.1. The lowest BCUT2D eigenvalue weighted by Crippen LogP contribution is -2.17. The van der Waals surface area contributed by atoms with Crippen LogP contribution in [-0.2, 0) is 0 Å². The van der Waals surface area contributed by atoms with E-state index < -0.39 is 0 Å². The third-order valence-corrected chi connectivity index (χ3v) is 15.1. The zero-order valence-electron chi connectivity index (χ0n) is 39.3. The maximum atomic E-state index is 6.39. The van der Waals surface area contributed by atoms with E-state index in [9.17, 15) is 0 Å². The summed E-state index contributed by atoms with van der Waals surface area (Å²) in [6.07, 6.45) is 0. The third-order valence-electron chi connectivity index (χ3n) is 15.1. The largest absolute Gasteiger partial charge is 0.305 e. The van der Waals surface area contributed by atoms with Crippen LogP contribution in [0.2, 0.25) is 0 Å². The molecule has 0 aliphatic carbocycles. The molecule has 10 aromatic carbocycles. The van der Waals surface area contributed by atoms with E-state index in [0.29, 0.717) is 0 Å². The fraction of sp³-hybridized carbons (Fsp3) is 0. The second-order valence-electron chi connectivity index (χ2n) is 18.9. The van der Waals surface area contributed by atoms with E-state index in [1.165, 1.54) is 0 Å². The Morgan fingerprint density at radius 2 is 0.493 bits per heavy atom. The molecular formula is C66H41N7. The van der Waals surface area contributed by atoms with Crippen LogP contribution in [0, 0.1) is 0 Å². The van der Waals surface area contributed by atoms with Gasteiger partial charge in [0.1, 0.15) is 17.2 Å². The van der Waals surface area contributed by atoms with Crippen molar-refractivity contribution in [2.45, 2.75) is 0 Å². The molecule has 340 valence electrons. The maximum Gasteiger partial charge on any atom is 0.165 e. The van der Waals surface area contributed by atoms with Gasteiger partial charge in [0.25, 0.3) is 0 Å². The van der Waals surface area contributed by atoms with Crippen LogP contribution in [-0.4, -0.2) is 32.8 Å². The highest BCUT2D eigenvalue weighted by atomic mass is 15.2. The molecule has 0 saturated carbocycles. The first kappa shape index (κ1) is 39.8. The summed E-state index contributed by atoms with van der Waals surface area (Å²) in [5.74, 6) is 2.33. The second kappa shape index (κ2) is 15.3. The van der Waals surface area contributed by atoms with Gasteiger partial charge < -0.3 is 9.13 Å². The smallest absolute Gasteiger partial charge is 0.165 e. The number of aromatic nitrogens is 7. The highest BCUT2D eigenvalue weighted by molar-refractivity contribution is 6.16. The number of fused-ring (bicyclic) bond motifs is 13. The van der Waals surface area contributed by atoms with Crippen LogP contribution in [0.3, 0.4) is 0 Å². The van der Waals surface area contributed by atoms with E-state index in [2.05, 4.69) is 272 Å². The fourth-order valence-electron chi connectivity index (χ4n) is 12.1. The van der Waals surface area contributed by atoms with Crippen molar-refractivity contribution in [2.24, 2.45) is 0 Å². The van der Waals surface area contributed by atoms with Gasteiger partial charge in [0.2, 0.25) is 0 Å². The maximum absolute atomic E-state index is 6.39. The molecule has 7 heteroatoms. The van der Waals surface area contributed by atoms with Gasteiger partial charge in [0.05, 0.1) is 60.7 Å². The first-order valence-corrected chi connectivity index (χ1v) is 24.9. The molecule has 7 nitrogen and oxygen atoms in total. The molecule has 73 heavy (non-hydrogen) atoms. The average molecular weight is 932 g/mol. The van der Waals surface area contributed by atoms with Crippen LogP contribution < -0.4 is 0 Å². The van der Waals surface area contributed by atoms with Crippen LogP contribution in [0.4, 0.5) is 0 Å². The molecule has 0 saturated heterocycles. The molecule has 0 radical (unpaired) electrons.